The van der Waals surface area contributed by atoms with E-state index in [0.29, 0.717) is 11.5 Å². The largest absolute Gasteiger partial charge is 0.455 e. The molecule has 4 nitrogen and oxygen atoms in total. The molecule has 1 heterocycles. The molecule has 2 aromatic rings. The first-order valence-electron chi connectivity index (χ1n) is 4.85. The summed E-state index contributed by atoms with van der Waals surface area (Å²) in [5.41, 5.74) is 9.32. The maximum absolute atomic E-state index is 5.64. The van der Waals surface area contributed by atoms with Crippen molar-refractivity contribution < 1.29 is 4.42 Å². The van der Waals surface area contributed by atoms with Crippen molar-refractivity contribution in [3.05, 3.63) is 34.5 Å². The first kappa shape index (κ1) is 12.1. The molecule has 0 saturated carbocycles. The Morgan fingerprint density at radius 3 is 2.94 bits per heavy atom. The fourth-order valence-electron chi connectivity index (χ4n) is 1.39. The smallest absolute Gasteiger partial charge is 0.184 e. The van der Waals surface area contributed by atoms with Crippen molar-refractivity contribution in [2.24, 2.45) is 10.8 Å². The number of hydrogen-bond acceptors (Lipinski definition) is 3. The van der Waals surface area contributed by atoms with Crippen LogP contribution in [0.5, 0.6) is 0 Å². The molecule has 0 atom stereocenters. The highest BCUT2D eigenvalue weighted by molar-refractivity contribution is 9.10. The molecule has 0 amide bonds. The first-order valence-corrected chi connectivity index (χ1v) is 6.05. The van der Waals surface area contributed by atoms with Crippen LogP contribution in [0.4, 0.5) is 0 Å². The van der Waals surface area contributed by atoms with E-state index >= 15 is 0 Å². The number of nitrogens with zero attached hydrogens (tertiary/aromatic N) is 1. The number of thiocarbonyl (C=S) groups is 1. The minimum absolute atomic E-state index is 0.128. The average molecular weight is 312 g/mol. The Morgan fingerprint density at radius 2 is 2.24 bits per heavy atom. The molecule has 2 rings (SSSR count). The Bertz CT molecular complexity index is 606. The zero-order valence-corrected chi connectivity index (χ0v) is 11.4. The lowest BCUT2D eigenvalue weighted by Gasteiger charge is -1.97. The third-order valence-electron chi connectivity index (χ3n) is 2.17. The molecule has 0 radical (unpaired) electrons. The quantitative estimate of drug-likeness (QED) is 0.508. The fraction of sp³-hybridized carbons (Fsp3) is 0.0909. The van der Waals surface area contributed by atoms with Gasteiger partial charge in [0.15, 0.2) is 10.9 Å². The van der Waals surface area contributed by atoms with E-state index in [9.17, 15) is 0 Å². The minimum Gasteiger partial charge on any atom is -0.455 e. The summed E-state index contributed by atoms with van der Waals surface area (Å²) in [4.78, 5) is 0. The molecule has 1 aromatic heterocycles. The highest BCUT2D eigenvalue weighted by Crippen LogP contribution is 2.23. The van der Waals surface area contributed by atoms with Crippen LogP contribution < -0.4 is 11.2 Å². The van der Waals surface area contributed by atoms with E-state index in [1.54, 1.807) is 0 Å². The average Bonchev–Trinajstić information content (AvgIpc) is 2.68. The van der Waals surface area contributed by atoms with Crippen molar-refractivity contribution in [3.8, 4) is 0 Å². The van der Waals surface area contributed by atoms with Crippen LogP contribution in [0.25, 0.3) is 11.0 Å². The molecule has 3 N–H and O–H groups in total. The molecule has 17 heavy (non-hydrogen) atoms. The van der Waals surface area contributed by atoms with Gasteiger partial charge in [-0.3, -0.25) is 5.43 Å². The maximum Gasteiger partial charge on any atom is 0.184 e. The van der Waals surface area contributed by atoms with Gasteiger partial charge >= 0.3 is 0 Å². The second-order valence-electron chi connectivity index (χ2n) is 3.47. The van der Waals surface area contributed by atoms with Gasteiger partial charge in [0.05, 0.1) is 0 Å². The maximum atomic E-state index is 5.64. The zero-order chi connectivity index (χ0) is 12.4. The Hall–Kier alpha value is -1.40. The van der Waals surface area contributed by atoms with Crippen LogP contribution >= 0.6 is 28.1 Å². The number of hydrazone groups is 1. The van der Waals surface area contributed by atoms with E-state index in [1.807, 2.05) is 31.2 Å². The summed E-state index contributed by atoms with van der Waals surface area (Å²) in [7, 11) is 0. The van der Waals surface area contributed by atoms with Crippen molar-refractivity contribution in [1.29, 1.82) is 0 Å². The molecule has 0 unspecified atom stereocenters. The molecular formula is C11H10BrN3OS. The van der Waals surface area contributed by atoms with E-state index in [2.05, 4.69) is 38.7 Å². The molecular weight excluding hydrogens is 302 g/mol. The number of nitrogens with one attached hydrogen (secondary N) is 1. The van der Waals surface area contributed by atoms with E-state index in [4.69, 9.17) is 10.2 Å². The van der Waals surface area contributed by atoms with Gasteiger partial charge in [-0.05, 0) is 43.4 Å². The predicted molar refractivity (Wildman–Crippen MR) is 76.0 cm³/mol. The van der Waals surface area contributed by atoms with Gasteiger partial charge in [-0.2, -0.15) is 5.10 Å². The number of nitrogens with two attached hydrogens (primary N) is 1. The van der Waals surface area contributed by atoms with Gasteiger partial charge in [0.1, 0.15) is 11.3 Å². The summed E-state index contributed by atoms with van der Waals surface area (Å²) >= 11 is 8.08. The summed E-state index contributed by atoms with van der Waals surface area (Å²) < 4.78 is 6.65. The van der Waals surface area contributed by atoms with E-state index in [-0.39, 0.29) is 5.11 Å². The van der Waals surface area contributed by atoms with Gasteiger partial charge in [0.2, 0.25) is 0 Å². The van der Waals surface area contributed by atoms with Crippen molar-refractivity contribution in [3.63, 3.8) is 0 Å². The van der Waals surface area contributed by atoms with Gasteiger partial charge < -0.3 is 10.2 Å². The molecule has 1 aromatic carbocycles. The summed E-state index contributed by atoms with van der Waals surface area (Å²) in [6, 6.07) is 7.73. The molecule has 0 bridgehead atoms. The predicted octanol–water partition coefficient (Wildman–Crippen LogP) is 2.75. The van der Waals surface area contributed by atoms with Crippen LogP contribution in [-0.4, -0.2) is 10.8 Å². The molecule has 6 heteroatoms. The first-order chi connectivity index (χ1) is 8.06. The van der Waals surface area contributed by atoms with Crippen molar-refractivity contribution in [2.75, 3.05) is 0 Å². The van der Waals surface area contributed by atoms with Crippen LogP contribution in [0.2, 0.25) is 0 Å². The Kier molecular flexibility index (Phi) is 3.44. The summed E-state index contributed by atoms with van der Waals surface area (Å²) in [5, 5.41) is 5.15. The van der Waals surface area contributed by atoms with Crippen molar-refractivity contribution in [2.45, 2.75) is 6.92 Å². The zero-order valence-electron chi connectivity index (χ0n) is 9.03. The standard InChI is InChI=1S/C11H10BrN3OS/c1-6(14-15-11(13)17)10-5-7-4-8(12)2-3-9(7)16-10/h2-5H,1H3,(H3,13,15,17). The summed E-state index contributed by atoms with van der Waals surface area (Å²) in [6.07, 6.45) is 0. The van der Waals surface area contributed by atoms with Gasteiger partial charge in [0, 0.05) is 9.86 Å². The van der Waals surface area contributed by atoms with Crippen LogP contribution in [0, 0.1) is 0 Å². The molecule has 0 aliphatic rings. The lowest BCUT2D eigenvalue weighted by molar-refractivity contribution is 0.603. The third-order valence-corrected chi connectivity index (χ3v) is 2.75. The molecule has 0 spiro atoms. The number of fused-ring (bicyclic) bond motifs is 1. The minimum atomic E-state index is 0.128. The van der Waals surface area contributed by atoms with Crippen molar-refractivity contribution in [1.82, 2.24) is 5.43 Å². The van der Waals surface area contributed by atoms with E-state index < -0.39 is 0 Å². The number of rotatable bonds is 2. The molecule has 0 aliphatic heterocycles. The number of hydrogen-bond donors (Lipinski definition) is 2. The third kappa shape index (κ3) is 2.83. The number of halogens is 1. The Labute approximate surface area is 112 Å². The fourth-order valence-corrected chi connectivity index (χ4v) is 1.81. The molecule has 88 valence electrons. The normalized spacial score (nSPS) is 11.8. The van der Waals surface area contributed by atoms with Crippen molar-refractivity contribution >= 4 is 49.9 Å². The SMILES string of the molecule is CC(=NNC(N)=S)c1cc2cc(Br)ccc2o1. The van der Waals surface area contributed by atoms with Gasteiger partial charge in [0.25, 0.3) is 0 Å². The monoisotopic (exact) mass is 311 g/mol. The van der Waals surface area contributed by atoms with E-state index in [0.717, 1.165) is 15.4 Å². The Morgan fingerprint density at radius 1 is 1.47 bits per heavy atom. The molecule has 0 fully saturated rings. The second kappa shape index (κ2) is 4.85. The van der Waals surface area contributed by atoms with Gasteiger partial charge in [-0.1, -0.05) is 15.9 Å². The summed E-state index contributed by atoms with van der Waals surface area (Å²) in [5.74, 6) is 0.682. The molecule has 0 aliphatic carbocycles. The van der Waals surface area contributed by atoms with Crippen LogP contribution in [0.15, 0.2) is 38.3 Å². The van der Waals surface area contributed by atoms with Crippen LogP contribution in [0.1, 0.15) is 12.7 Å². The lowest BCUT2D eigenvalue weighted by Crippen LogP contribution is -2.25. The highest BCUT2D eigenvalue weighted by Gasteiger charge is 2.06. The second-order valence-corrected chi connectivity index (χ2v) is 4.82. The van der Waals surface area contributed by atoms with Crippen LogP contribution in [0.3, 0.4) is 0 Å². The topological polar surface area (TPSA) is 63.5 Å². The van der Waals surface area contributed by atoms with E-state index in [1.165, 1.54) is 0 Å². The number of furan rings is 1. The highest BCUT2D eigenvalue weighted by atomic mass is 79.9. The summed E-state index contributed by atoms with van der Waals surface area (Å²) in [6.45, 7) is 1.82. The van der Waals surface area contributed by atoms with Crippen LogP contribution in [-0.2, 0) is 0 Å². The molecule has 0 saturated heterocycles. The number of benzene rings is 1. The lowest BCUT2D eigenvalue weighted by atomic mass is 10.2. The van der Waals surface area contributed by atoms with Gasteiger partial charge in [-0.15, -0.1) is 0 Å². The van der Waals surface area contributed by atoms with Gasteiger partial charge in [-0.25, -0.2) is 0 Å². The Balaban J connectivity index is 2.36.